The third-order valence-electron chi connectivity index (χ3n) is 2.65. The predicted octanol–water partition coefficient (Wildman–Crippen LogP) is 2.45. The number of hydrogen-bond donors (Lipinski definition) is 2. The summed E-state index contributed by atoms with van der Waals surface area (Å²) in [5.74, 6) is 2.33. The lowest BCUT2D eigenvalue weighted by molar-refractivity contribution is 0.391. The minimum Gasteiger partial charge on any atom is -0.497 e. The Morgan fingerprint density at radius 1 is 1.20 bits per heavy atom. The standard InChI is InChI=1S/C13H15BrN4O2/c1-19-9-4-3-8(10(5-9)20-2)7-16-13-17-11(14)6-12(15)18-13/h3-6H,7H2,1-2H3,(H3,15,16,17,18). The minimum atomic E-state index is 0.399. The lowest BCUT2D eigenvalue weighted by atomic mass is 10.2. The quantitative estimate of drug-likeness (QED) is 0.815. The molecular weight excluding hydrogens is 324 g/mol. The highest BCUT2D eigenvalue weighted by atomic mass is 79.9. The zero-order chi connectivity index (χ0) is 14.5. The van der Waals surface area contributed by atoms with Gasteiger partial charge in [0.15, 0.2) is 0 Å². The molecule has 0 fully saturated rings. The number of ether oxygens (including phenoxy) is 2. The summed E-state index contributed by atoms with van der Waals surface area (Å²) in [4.78, 5) is 8.29. The van der Waals surface area contributed by atoms with Gasteiger partial charge in [0.1, 0.15) is 21.9 Å². The zero-order valence-corrected chi connectivity index (χ0v) is 12.8. The van der Waals surface area contributed by atoms with Crippen LogP contribution < -0.4 is 20.5 Å². The molecule has 0 amide bonds. The number of nitrogens with zero attached hydrogens (tertiary/aromatic N) is 2. The van der Waals surface area contributed by atoms with Crippen LogP contribution in [0.25, 0.3) is 0 Å². The number of anilines is 2. The molecule has 1 heterocycles. The van der Waals surface area contributed by atoms with Gasteiger partial charge in [-0.05, 0) is 28.1 Å². The fourth-order valence-electron chi connectivity index (χ4n) is 1.69. The summed E-state index contributed by atoms with van der Waals surface area (Å²) >= 11 is 3.27. The first-order valence-corrected chi connectivity index (χ1v) is 6.66. The van der Waals surface area contributed by atoms with Gasteiger partial charge in [-0.15, -0.1) is 0 Å². The fourth-order valence-corrected chi connectivity index (χ4v) is 2.09. The highest BCUT2D eigenvalue weighted by Crippen LogP contribution is 2.25. The first-order valence-electron chi connectivity index (χ1n) is 5.87. The highest BCUT2D eigenvalue weighted by molar-refractivity contribution is 9.10. The Kier molecular flexibility index (Phi) is 4.62. The van der Waals surface area contributed by atoms with E-state index in [9.17, 15) is 0 Å². The molecule has 0 atom stereocenters. The normalized spacial score (nSPS) is 10.2. The molecule has 0 saturated carbocycles. The Morgan fingerprint density at radius 3 is 2.65 bits per heavy atom. The molecule has 3 N–H and O–H groups in total. The van der Waals surface area contributed by atoms with E-state index in [-0.39, 0.29) is 0 Å². The minimum absolute atomic E-state index is 0.399. The average Bonchev–Trinajstić information content (AvgIpc) is 2.44. The second-order valence-electron chi connectivity index (χ2n) is 3.97. The number of nitrogen functional groups attached to an aromatic ring is 1. The molecular formula is C13H15BrN4O2. The number of hydrogen-bond acceptors (Lipinski definition) is 6. The molecule has 20 heavy (non-hydrogen) atoms. The van der Waals surface area contributed by atoms with Gasteiger partial charge < -0.3 is 20.5 Å². The van der Waals surface area contributed by atoms with Crippen LogP contribution in [0.2, 0.25) is 0 Å². The van der Waals surface area contributed by atoms with Gasteiger partial charge in [0, 0.05) is 24.2 Å². The summed E-state index contributed by atoms with van der Waals surface area (Å²) in [5, 5.41) is 3.10. The highest BCUT2D eigenvalue weighted by Gasteiger charge is 2.06. The Bertz CT molecular complexity index is 587. The molecule has 0 unspecified atom stereocenters. The monoisotopic (exact) mass is 338 g/mol. The van der Waals surface area contributed by atoms with Crippen LogP contribution in [0.1, 0.15) is 5.56 Å². The van der Waals surface area contributed by atoms with Gasteiger partial charge in [-0.3, -0.25) is 0 Å². The van der Waals surface area contributed by atoms with Crippen LogP contribution in [0.5, 0.6) is 11.5 Å². The van der Waals surface area contributed by atoms with E-state index in [2.05, 4.69) is 31.2 Å². The topological polar surface area (TPSA) is 82.3 Å². The first kappa shape index (κ1) is 14.4. The van der Waals surface area contributed by atoms with Crippen molar-refractivity contribution < 1.29 is 9.47 Å². The summed E-state index contributed by atoms with van der Waals surface area (Å²) in [5.41, 5.74) is 6.63. The summed E-state index contributed by atoms with van der Waals surface area (Å²) in [6.07, 6.45) is 0. The largest absolute Gasteiger partial charge is 0.497 e. The maximum atomic E-state index is 5.66. The molecule has 0 aliphatic heterocycles. The van der Waals surface area contributed by atoms with E-state index in [1.165, 1.54) is 0 Å². The van der Waals surface area contributed by atoms with E-state index in [1.54, 1.807) is 20.3 Å². The van der Waals surface area contributed by atoms with Crippen molar-refractivity contribution in [3.63, 3.8) is 0 Å². The van der Waals surface area contributed by atoms with Crippen molar-refractivity contribution in [1.29, 1.82) is 0 Å². The SMILES string of the molecule is COc1ccc(CNc2nc(N)cc(Br)n2)c(OC)c1. The summed E-state index contributed by atoms with van der Waals surface area (Å²) in [6, 6.07) is 7.26. The summed E-state index contributed by atoms with van der Waals surface area (Å²) in [6.45, 7) is 0.517. The average molecular weight is 339 g/mol. The first-order chi connectivity index (χ1) is 9.62. The van der Waals surface area contributed by atoms with E-state index in [1.807, 2.05) is 18.2 Å². The van der Waals surface area contributed by atoms with E-state index >= 15 is 0 Å². The second-order valence-corrected chi connectivity index (χ2v) is 4.78. The van der Waals surface area contributed by atoms with E-state index in [0.29, 0.717) is 22.9 Å². The van der Waals surface area contributed by atoms with Gasteiger partial charge in [0.2, 0.25) is 5.95 Å². The molecule has 1 aromatic heterocycles. The van der Waals surface area contributed by atoms with Crippen molar-refractivity contribution in [3.8, 4) is 11.5 Å². The van der Waals surface area contributed by atoms with Crippen LogP contribution in [0, 0.1) is 0 Å². The number of aromatic nitrogens is 2. The molecule has 0 aliphatic rings. The Hall–Kier alpha value is -2.02. The fraction of sp³-hybridized carbons (Fsp3) is 0.231. The molecule has 0 saturated heterocycles. The number of halogens is 1. The third kappa shape index (κ3) is 3.51. The van der Waals surface area contributed by atoms with Crippen LogP contribution in [-0.2, 0) is 6.54 Å². The van der Waals surface area contributed by atoms with Crippen LogP contribution in [0.3, 0.4) is 0 Å². The van der Waals surface area contributed by atoms with E-state index in [0.717, 1.165) is 17.1 Å². The molecule has 7 heteroatoms. The number of benzene rings is 1. The van der Waals surface area contributed by atoms with Crippen LogP contribution in [-0.4, -0.2) is 24.2 Å². The molecule has 2 rings (SSSR count). The molecule has 2 aromatic rings. The molecule has 6 nitrogen and oxygen atoms in total. The maximum absolute atomic E-state index is 5.66. The van der Waals surface area contributed by atoms with Crippen molar-refractivity contribution in [2.45, 2.75) is 6.54 Å². The smallest absolute Gasteiger partial charge is 0.225 e. The second kappa shape index (κ2) is 6.42. The number of methoxy groups -OCH3 is 2. The van der Waals surface area contributed by atoms with Crippen LogP contribution >= 0.6 is 15.9 Å². The lowest BCUT2D eigenvalue weighted by Gasteiger charge is -2.11. The molecule has 106 valence electrons. The summed E-state index contributed by atoms with van der Waals surface area (Å²) < 4.78 is 11.1. The van der Waals surface area contributed by atoms with Gasteiger partial charge in [-0.25, -0.2) is 4.98 Å². The molecule has 0 radical (unpaired) electrons. The predicted molar refractivity (Wildman–Crippen MR) is 81.0 cm³/mol. The third-order valence-corrected chi connectivity index (χ3v) is 3.05. The van der Waals surface area contributed by atoms with Gasteiger partial charge >= 0.3 is 0 Å². The van der Waals surface area contributed by atoms with E-state index < -0.39 is 0 Å². The van der Waals surface area contributed by atoms with Crippen LogP contribution in [0.15, 0.2) is 28.9 Å². The number of rotatable bonds is 5. The van der Waals surface area contributed by atoms with Crippen molar-refractivity contribution in [2.24, 2.45) is 0 Å². The Morgan fingerprint density at radius 2 is 2.00 bits per heavy atom. The van der Waals surface area contributed by atoms with Crippen molar-refractivity contribution in [1.82, 2.24) is 9.97 Å². The zero-order valence-electron chi connectivity index (χ0n) is 11.2. The maximum Gasteiger partial charge on any atom is 0.225 e. The van der Waals surface area contributed by atoms with Crippen molar-refractivity contribution >= 4 is 27.7 Å². The van der Waals surface area contributed by atoms with Gasteiger partial charge in [0.25, 0.3) is 0 Å². The Labute approximate surface area is 125 Å². The molecule has 0 spiro atoms. The van der Waals surface area contributed by atoms with Crippen molar-refractivity contribution in [3.05, 3.63) is 34.4 Å². The van der Waals surface area contributed by atoms with Crippen LogP contribution in [0.4, 0.5) is 11.8 Å². The summed E-state index contributed by atoms with van der Waals surface area (Å²) in [7, 11) is 3.23. The number of nitrogens with two attached hydrogens (primary N) is 1. The van der Waals surface area contributed by atoms with Gasteiger partial charge in [0.05, 0.1) is 14.2 Å². The number of nitrogens with one attached hydrogen (secondary N) is 1. The van der Waals surface area contributed by atoms with Gasteiger partial charge in [-0.1, -0.05) is 0 Å². The van der Waals surface area contributed by atoms with Crippen molar-refractivity contribution in [2.75, 3.05) is 25.3 Å². The Balaban J connectivity index is 2.14. The van der Waals surface area contributed by atoms with E-state index in [4.69, 9.17) is 15.2 Å². The molecule has 1 aromatic carbocycles. The lowest BCUT2D eigenvalue weighted by Crippen LogP contribution is -2.06. The molecule has 0 bridgehead atoms. The van der Waals surface area contributed by atoms with Gasteiger partial charge in [-0.2, -0.15) is 4.98 Å². The molecule has 0 aliphatic carbocycles.